The Hall–Kier alpha value is 0.440. The summed E-state index contributed by atoms with van der Waals surface area (Å²) in [6.07, 6.45) is 1.23. The first-order chi connectivity index (χ1) is 4.39. The molecule has 1 heterocycles. The SMILES string of the molecule is C=C1CCSCCSC1. The fourth-order valence-corrected chi connectivity index (χ4v) is 2.88. The van der Waals surface area contributed by atoms with E-state index in [1.165, 1.54) is 35.0 Å². The van der Waals surface area contributed by atoms with Crippen LogP contribution in [0.2, 0.25) is 0 Å². The third-order valence-electron chi connectivity index (χ3n) is 1.28. The van der Waals surface area contributed by atoms with Crippen molar-refractivity contribution in [3.8, 4) is 0 Å². The zero-order valence-corrected chi connectivity index (χ0v) is 7.19. The van der Waals surface area contributed by atoms with Crippen molar-refractivity contribution in [3.05, 3.63) is 12.2 Å². The van der Waals surface area contributed by atoms with Crippen molar-refractivity contribution in [2.75, 3.05) is 23.0 Å². The molecule has 1 fully saturated rings. The molecule has 2 heteroatoms. The van der Waals surface area contributed by atoms with Gasteiger partial charge < -0.3 is 0 Å². The molecule has 0 N–H and O–H groups in total. The predicted octanol–water partition coefficient (Wildman–Crippen LogP) is 2.41. The molecule has 0 spiro atoms. The highest BCUT2D eigenvalue weighted by atomic mass is 32.2. The minimum absolute atomic E-state index is 1.20. The molecule has 0 amide bonds. The van der Waals surface area contributed by atoms with Crippen LogP contribution in [0.1, 0.15) is 6.42 Å². The van der Waals surface area contributed by atoms with Crippen molar-refractivity contribution in [1.29, 1.82) is 0 Å². The predicted molar refractivity (Wildman–Crippen MR) is 48.4 cm³/mol. The molecule has 1 aliphatic heterocycles. The van der Waals surface area contributed by atoms with Crippen molar-refractivity contribution in [3.63, 3.8) is 0 Å². The molecule has 52 valence electrons. The highest BCUT2D eigenvalue weighted by Crippen LogP contribution is 2.18. The molecule has 1 saturated heterocycles. The van der Waals surface area contributed by atoms with Crippen LogP contribution in [0.15, 0.2) is 12.2 Å². The summed E-state index contributed by atoms with van der Waals surface area (Å²) in [5.41, 5.74) is 1.42. The zero-order chi connectivity index (χ0) is 6.53. The number of hydrogen-bond donors (Lipinski definition) is 0. The Bertz CT molecular complexity index is 89.1. The average molecular weight is 160 g/mol. The Morgan fingerprint density at radius 1 is 1.11 bits per heavy atom. The summed E-state index contributed by atoms with van der Waals surface area (Å²) in [5.74, 6) is 5.13. The smallest absolute Gasteiger partial charge is 0.0141 e. The van der Waals surface area contributed by atoms with E-state index in [-0.39, 0.29) is 0 Å². The van der Waals surface area contributed by atoms with E-state index in [9.17, 15) is 0 Å². The van der Waals surface area contributed by atoms with Gasteiger partial charge in [0.15, 0.2) is 0 Å². The summed E-state index contributed by atoms with van der Waals surface area (Å²) < 4.78 is 0. The lowest BCUT2D eigenvalue weighted by atomic mass is 10.3. The van der Waals surface area contributed by atoms with E-state index in [0.29, 0.717) is 0 Å². The van der Waals surface area contributed by atoms with Crippen LogP contribution in [-0.2, 0) is 0 Å². The summed E-state index contributed by atoms with van der Waals surface area (Å²) in [4.78, 5) is 0. The molecular weight excluding hydrogens is 148 g/mol. The second-order valence-electron chi connectivity index (χ2n) is 2.16. The first kappa shape index (κ1) is 7.55. The standard InChI is InChI=1S/C7H12S2/c1-7-2-3-8-4-5-9-6-7/h1-6H2. The van der Waals surface area contributed by atoms with Crippen molar-refractivity contribution in [2.24, 2.45) is 0 Å². The summed E-state index contributed by atoms with van der Waals surface area (Å²) in [6, 6.07) is 0. The number of thioether (sulfide) groups is 2. The Labute approximate surface area is 65.5 Å². The van der Waals surface area contributed by atoms with Crippen LogP contribution < -0.4 is 0 Å². The third kappa shape index (κ3) is 3.21. The van der Waals surface area contributed by atoms with Crippen LogP contribution in [0.4, 0.5) is 0 Å². The van der Waals surface area contributed by atoms with Gasteiger partial charge in [-0.3, -0.25) is 0 Å². The van der Waals surface area contributed by atoms with Gasteiger partial charge in [-0.1, -0.05) is 12.2 Å². The first-order valence-corrected chi connectivity index (χ1v) is 5.52. The van der Waals surface area contributed by atoms with Gasteiger partial charge in [-0.15, -0.1) is 0 Å². The second kappa shape index (κ2) is 4.29. The molecule has 0 aliphatic carbocycles. The molecular formula is C7H12S2. The van der Waals surface area contributed by atoms with Crippen molar-refractivity contribution in [2.45, 2.75) is 6.42 Å². The van der Waals surface area contributed by atoms with E-state index in [1.54, 1.807) is 0 Å². The minimum atomic E-state index is 1.20. The van der Waals surface area contributed by atoms with Gasteiger partial charge in [0, 0.05) is 17.3 Å². The number of rotatable bonds is 0. The van der Waals surface area contributed by atoms with Crippen LogP contribution >= 0.6 is 23.5 Å². The molecule has 1 rings (SSSR count). The van der Waals surface area contributed by atoms with Gasteiger partial charge in [-0.25, -0.2) is 0 Å². The minimum Gasteiger partial charge on any atom is -0.161 e. The highest BCUT2D eigenvalue weighted by molar-refractivity contribution is 8.03. The van der Waals surface area contributed by atoms with E-state index in [2.05, 4.69) is 18.3 Å². The highest BCUT2D eigenvalue weighted by Gasteiger charge is 1.99. The third-order valence-corrected chi connectivity index (χ3v) is 3.63. The van der Waals surface area contributed by atoms with Gasteiger partial charge in [-0.05, 0) is 12.2 Å². The lowest BCUT2D eigenvalue weighted by Crippen LogP contribution is -1.97. The van der Waals surface area contributed by atoms with Crippen LogP contribution in [0, 0.1) is 0 Å². The van der Waals surface area contributed by atoms with E-state index in [0.717, 1.165) is 0 Å². The summed E-state index contributed by atoms with van der Waals surface area (Å²) in [5, 5.41) is 0. The molecule has 0 aromatic heterocycles. The normalized spacial score (nSPS) is 22.9. The van der Waals surface area contributed by atoms with Crippen LogP contribution in [-0.4, -0.2) is 23.0 Å². The van der Waals surface area contributed by atoms with Crippen LogP contribution in [0.25, 0.3) is 0 Å². The topological polar surface area (TPSA) is 0 Å². The second-order valence-corrected chi connectivity index (χ2v) is 4.49. The van der Waals surface area contributed by atoms with Gasteiger partial charge in [-0.2, -0.15) is 23.5 Å². The first-order valence-electron chi connectivity index (χ1n) is 3.22. The summed E-state index contributed by atoms with van der Waals surface area (Å²) >= 11 is 4.07. The average Bonchev–Trinajstić information content (AvgIpc) is 1.79. The van der Waals surface area contributed by atoms with Crippen LogP contribution in [0.3, 0.4) is 0 Å². The zero-order valence-electron chi connectivity index (χ0n) is 5.56. The molecule has 0 bridgehead atoms. The van der Waals surface area contributed by atoms with Gasteiger partial charge in [0.1, 0.15) is 0 Å². The maximum Gasteiger partial charge on any atom is 0.0141 e. The maximum absolute atomic E-state index is 3.98. The van der Waals surface area contributed by atoms with Gasteiger partial charge >= 0.3 is 0 Å². The number of hydrogen-bond acceptors (Lipinski definition) is 2. The molecule has 1 aliphatic rings. The fraction of sp³-hybridized carbons (Fsp3) is 0.714. The van der Waals surface area contributed by atoms with E-state index in [4.69, 9.17) is 0 Å². The van der Waals surface area contributed by atoms with Crippen molar-refractivity contribution >= 4 is 23.5 Å². The monoisotopic (exact) mass is 160 g/mol. The molecule has 0 aromatic rings. The van der Waals surface area contributed by atoms with E-state index in [1.807, 2.05) is 11.8 Å². The molecule has 0 unspecified atom stereocenters. The quantitative estimate of drug-likeness (QED) is 0.499. The van der Waals surface area contributed by atoms with Crippen molar-refractivity contribution in [1.82, 2.24) is 0 Å². The Morgan fingerprint density at radius 3 is 2.78 bits per heavy atom. The van der Waals surface area contributed by atoms with Gasteiger partial charge in [0.25, 0.3) is 0 Å². The molecule has 0 nitrogen and oxygen atoms in total. The van der Waals surface area contributed by atoms with Gasteiger partial charge in [0.2, 0.25) is 0 Å². The Kier molecular flexibility index (Phi) is 3.59. The van der Waals surface area contributed by atoms with E-state index >= 15 is 0 Å². The summed E-state index contributed by atoms with van der Waals surface area (Å²) in [6.45, 7) is 3.98. The molecule has 9 heavy (non-hydrogen) atoms. The van der Waals surface area contributed by atoms with Gasteiger partial charge in [0.05, 0.1) is 0 Å². The lowest BCUT2D eigenvalue weighted by Gasteiger charge is -2.09. The van der Waals surface area contributed by atoms with Crippen LogP contribution in [0.5, 0.6) is 0 Å². The largest absolute Gasteiger partial charge is 0.161 e. The fourth-order valence-electron chi connectivity index (χ4n) is 0.725. The maximum atomic E-state index is 3.98. The Balaban J connectivity index is 2.20. The van der Waals surface area contributed by atoms with E-state index < -0.39 is 0 Å². The summed E-state index contributed by atoms with van der Waals surface area (Å²) in [7, 11) is 0. The Morgan fingerprint density at radius 2 is 1.89 bits per heavy atom. The molecule has 0 saturated carbocycles. The molecule has 0 radical (unpaired) electrons. The van der Waals surface area contributed by atoms with Crippen molar-refractivity contribution < 1.29 is 0 Å². The molecule has 0 aromatic carbocycles. The lowest BCUT2D eigenvalue weighted by molar-refractivity contribution is 1.13. The molecule has 0 atom stereocenters.